The molecule has 3 N–H and O–H groups in total. The monoisotopic (exact) mass is 270 g/mol. The number of urea groups is 1. The minimum absolute atomic E-state index is 0.180. The smallest absolute Gasteiger partial charge is 0.315 e. The van der Waals surface area contributed by atoms with Gasteiger partial charge in [0, 0.05) is 12.1 Å². The molecule has 0 bridgehead atoms. The molecule has 2 amide bonds. The second-order valence-corrected chi connectivity index (χ2v) is 5.59. The van der Waals surface area contributed by atoms with Crippen LogP contribution in [0.5, 0.6) is 0 Å². The maximum atomic E-state index is 11.9. The summed E-state index contributed by atoms with van der Waals surface area (Å²) >= 11 is 0. The highest BCUT2D eigenvalue weighted by molar-refractivity contribution is 5.79. The van der Waals surface area contributed by atoms with Gasteiger partial charge < -0.3 is 15.7 Å². The Balaban J connectivity index is 2.49. The van der Waals surface area contributed by atoms with Crippen molar-refractivity contribution in [2.24, 2.45) is 5.41 Å². The molecule has 0 aromatic rings. The van der Waals surface area contributed by atoms with Gasteiger partial charge in [-0.05, 0) is 32.1 Å². The predicted octanol–water partition coefficient (Wildman–Crippen LogP) is 2.51. The zero-order valence-corrected chi connectivity index (χ0v) is 12.2. The average molecular weight is 270 g/mol. The van der Waals surface area contributed by atoms with Gasteiger partial charge in [0.15, 0.2) is 0 Å². The SMILES string of the molecule is CCC(CC)(CC)NC(=O)NCC1(C(=O)O)CCC1. The molecular formula is C14H26N2O3. The molecule has 110 valence electrons. The number of carbonyl (C=O) groups excluding carboxylic acids is 1. The molecule has 0 saturated heterocycles. The molecule has 1 rings (SSSR count). The number of carboxylic acid groups (broad SMARTS) is 1. The molecule has 5 nitrogen and oxygen atoms in total. The van der Waals surface area contributed by atoms with Crippen molar-refractivity contribution >= 4 is 12.0 Å². The summed E-state index contributed by atoms with van der Waals surface area (Å²) in [6, 6.07) is -0.252. The van der Waals surface area contributed by atoms with E-state index in [9.17, 15) is 14.7 Å². The molecule has 0 spiro atoms. The average Bonchev–Trinajstić information content (AvgIpc) is 2.34. The van der Waals surface area contributed by atoms with Crippen LogP contribution in [0.15, 0.2) is 0 Å². The van der Waals surface area contributed by atoms with Crippen molar-refractivity contribution in [2.75, 3.05) is 6.54 Å². The van der Waals surface area contributed by atoms with E-state index in [0.29, 0.717) is 12.8 Å². The van der Waals surface area contributed by atoms with E-state index in [2.05, 4.69) is 31.4 Å². The second kappa shape index (κ2) is 6.26. The third kappa shape index (κ3) is 3.39. The Labute approximate surface area is 115 Å². The van der Waals surface area contributed by atoms with Gasteiger partial charge in [-0.15, -0.1) is 0 Å². The van der Waals surface area contributed by atoms with Gasteiger partial charge in [0.1, 0.15) is 0 Å². The Bertz CT molecular complexity index is 325. The van der Waals surface area contributed by atoms with Crippen LogP contribution < -0.4 is 10.6 Å². The lowest BCUT2D eigenvalue weighted by Crippen LogP contribution is -2.55. The van der Waals surface area contributed by atoms with E-state index in [1.165, 1.54) is 0 Å². The Hall–Kier alpha value is -1.26. The zero-order valence-electron chi connectivity index (χ0n) is 12.2. The highest BCUT2D eigenvalue weighted by Crippen LogP contribution is 2.40. The zero-order chi connectivity index (χ0) is 14.5. The van der Waals surface area contributed by atoms with Gasteiger partial charge in [-0.2, -0.15) is 0 Å². The first kappa shape index (κ1) is 15.8. The maximum absolute atomic E-state index is 11.9. The number of rotatable bonds is 7. The summed E-state index contributed by atoms with van der Waals surface area (Å²) in [6.07, 6.45) is 4.86. The Kier molecular flexibility index (Phi) is 5.20. The number of nitrogens with one attached hydrogen (secondary N) is 2. The number of aliphatic carboxylic acids is 1. The van der Waals surface area contributed by atoms with Gasteiger partial charge in [-0.25, -0.2) is 4.79 Å². The van der Waals surface area contributed by atoms with Crippen molar-refractivity contribution in [3.63, 3.8) is 0 Å². The van der Waals surface area contributed by atoms with Crippen LogP contribution in [0.25, 0.3) is 0 Å². The van der Waals surface area contributed by atoms with E-state index in [-0.39, 0.29) is 18.1 Å². The fraction of sp³-hybridized carbons (Fsp3) is 0.857. The lowest BCUT2D eigenvalue weighted by atomic mass is 9.69. The molecular weight excluding hydrogens is 244 g/mol. The van der Waals surface area contributed by atoms with Crippen LogP contribution in [0.1, 0.15) is 59.3 Å². The minimum atomic E-state index is -0.799. The van der Waals surface area contributed by atoms with Gasteiger partial charge in [-0.1, -0.05) is 27.2 Å². The molecule has 0 heterocycles. The van der Waals surface area contributed by atoms with Crippen LogP contribution in [-0.4, -0.2) is 29.2 Å². The largest absolute Gasteiger partial charge is 0.481 e. The third-order valence-electron chi connectivity index (χ3n) is 4.76. The fourth-order valence-corrected chi connectivity index (χ4v) is 2.62. The predicted molar refractivity (Wildman–Crippen MR) is 74.1 cm³/mol. The quantitative estimate of drug-likeness (QED) is 0.665. The van der Waals surface area contributed by atoms with Crippen molar-refractivity contribution in [2.45, 2.75) is 64.8 Å². The Morgan fingerprint density at radius 3 is 2.00 bits per heavy atom. The second-order valence-electron chi connectivity index (χ2n) is 5.59. The fourth-order valence-electron chi connectivity index (χ4n) is 2.62. The molecule has 1 fully saturated rings. The standard InChI is InChI=1S/C14H26N2O3/c1-4-14(5-2,6-3)16-12(19)15-10-13(11(17)18)8-7-9-13/h4-10H2,1-3H3,(H,17,18)(H2,15,16,19). The minimum Gasteiger partial charge on any atom is -0.481 e. The van der Waals surface area contributed by atoms with Gasteiger partial charge in [0.2, 0.25) is 0 Å². The summed E-state index contributed by atoms with van der Waals surface area (Å²) in [5, 5.41) is 14.9. The van der Waals surface area contributed by atoms with Gasteiger partial charge >= 0.3 is 12.0 Å². The summed E-state index contributed by atoms with van der Waals surface area (Å²) in [4.78, 5) is 23.1. The van der Waals surface area contributed by atoms with E-state index in [1.807, 2.05) is 0 Å². The first-order valence-electron chi connectivity index (χ1n) is 7.23. The molecule has 5 heteroatoms. The highest BCUT2D eigenvalue weighted by atomic mass is 16.4. The molecule has 1 aliphatic rings. The lowest BCUT2D eigenvalue weighted by Gasteiger charge is -2.38. The molecule has 1 aliphatic carbocycles. The highest BCUT2D eigenvalue weighted by Gasteiger charge is 2.44. The van der Waals surface area contributed by atoms with Crippen LogP contribution in [0.3, 0.4) is 0 Å². The molecule has 0 aromatic heterocycles. The van der Waals surface area contributed by atoms with Crippen LogP contribution >= 0.6 is 0 Å². The number of hydrogen-bond donors (Lipinski definition) is 3. The number of amides is 2. The van der Waals surface area contributed by atoms with Gasteiger partial charge in [0.05, 0.1) is 5.41 Å². The van der Waals surface area contributed by atoms with E-state index in [0.717, 1.165) is 25.7 Å². The van der Waals surface area contributed by atoms with Gasteiger partial charge in [0.25, 0.3) is 0 Å². The van der Waals surface area contributed by atoms with Crippen molar-refractivity contribution in [3.05, 3.63) is 0 Å². The molecule has 19 heavy (non-hydrogen) atoms. The van der Waals surface area contributed by atoms with E-state index in [4.69, 9.17) is 0 Å². The van der Waals surface area contributed by atoms with E-state index in [1.54, 1.807) is 0 Å². The van der Waals surface area contributed by atoms with Crippen LogP contribution in [0, 0.1) is 5.41 Å². The summed E-state index contributed by atoms with van der Waals surface area (Å²) in [5.74, 6) is -0.799. The molecule has 0 aliphatic heterocycles. The first-order chi connectivity index (χ1) is 8.93. The van der Waals surface area contributed by atoms with Gasteiger partial charge in [-0.3, -0.25) is 4.79 Å². The van der Waals surface area contributed by atoms with E-state index < -0.39 is 11.4 Å². The number of carbonyl (C=O) groups is 2. The summed E-state index contributed by atoms with van der Waals surface area (Å²) in [6.45, 7) is 6.38. The summed E-state index contributed by atoms with van der Waals surface area (Å²) in [7, 11) is 0. The molecule has 0 atom stereocenters. The van der Waals surface area contributed by atoms with Crippen LogP contribution in [-0.2, 0) is 4.79 Å². The first-order valence-corrected chi connectivity index (χ1v) is 7.23. The van der Waals surface area contributed by atoms with Crippen molar-refractivity contribution < 1.29 is 14.7 Å². The van der Waals surface area contributed by atoms with Crippen LogP contribution in [0.4, 0.5) is 4.79 Å². The maximum Gasteiger partial charge on any atom is 0.315 e. The van der Waals surface area contributed by atoms with Crippen molar-refractivity contribution in [1.29, 1.82) is 0 Å². The normalized spacial score (nSPS) is 17.4. The summed E-state index contributed by atoms with van der Waals surface area (Å²) in [5.41, 5.74) is -0.912. The van der Waals surface area contributed by atoms with E-state index >= 15 is 0 Å². The Morgan fingerprint density at radius 2 is 1.68 bits per heavy atom. The Morgan fingerprint density at radius 1 is 1.16 bits per heavy atom. The third-order valence-corrected chi connectivity index (χ3v) is 4.76. The molecule has 0 aromatic carbocycles. The topological polar surface area (TPSA) is 78.4 Å². The van der Waals surface area contributed by atoms with Crippen molar-refractivity contribution in [3.8, 4) is 0 Å². The molecule has 0 radical (unpaired) electrons. The molecule has 0 unspecified atom stereocenters. The number of carboxylic acids is 1. The van der Waals surface area contributed by atoms with Crippen LogP contribution in [0.2, 0.25) is 0 Å². The number of hydrogen-bond acceptors (Lipinski definition) is 2. The molecule has 1 saturated carbocycles. The lowest BCUT2D eigenvalue weighted by molar-refractivity contribution is -0.153. The summed E-state index contributed by atoms with van der Waals surface area (Å²) < 4.78 is 0. The van der Waals surface area contributed by atoms with Crippen molar-refractivity contribution in [1.82, 2.24) is 10.6 Å².